The molecular formula is C12H16N2O. The van der Waals surface area contributed by atoms with Gasteiger partial charge in [-0.15, -0.1) is 0 Å². The Labute approximate surface area is 89.7 Å². The van der Waals surface area contributed by atoms with Gasteiger partial charge in [0.2, 0.25) is 5.91 Å². The minimum atomic E-state index is 0.0239. The summed E-state index contributed by atoms with van der Waals surface area (Å²) in [4.78, 5) is 11.5. The van der Waals surface area contributed by atoms with Crippen molar-refractivity contribution in [2.24, 2.45) is 11.7 Å². The topological polar surface area (TPSA) is 55.1 Å². The molecule has 1 aliphatic carbocycles. The summed E-state index contributed by atoms with van der Waals surface area (Å²) in [5.41, 5.74) is 7.74. The minimum absolute atomic E-state index is 0.0239. The monoisotopic (exact) mass is 204 g/mol. The van der Waals surface area contributed by atoms with E-state index in [1.807, 2.05) is 24.3 Å². The van der Waals surface area contributed by atoms with Gasteiger partial charge in [0.15, 0.2) is 0 Å². The fraction of sp³-hybridized carbons (Fsp3) is 0.417. The molecule has 1 amide bonds. The number of amides is 1. The summed E-state index contributed by atoms with van der Waals surface area (Å²) in [6.07, 6.45) is 1.83. The van der Waals surface area contributed by atoms with Crippen LogP contribution < -0.4 is 11.1 Å². The fourth-order valence-electron chi connectivity index (χ4n) is 1.57. The van der Waals surface area contributed by atoms with Crippen molar-refractivity contribution in [2.75, 3.05) is 5.32 Å². The largest absolute Gasteiger partial charge is 0.327 e. The van der Waals surface area contributed by atoms with Gasteiger partial charge >= 0.3 is 0 Å². The molecule has 0 bridgehead atoms. The lowest BCUT2D eigenvalue weighted by Crippen LogP contribution is -2.18. The number of carbonyl (C=O) groups is 1. The number of hydrogen-bond donors (Lipinski definition) is 2. The Bertz CT molecular complexity index is 358. The molecule has 1 saturated carbocycles. The van der Waals surface area contributed by atoms with Gasteiger partial charge in [0.05, 0.1) is 5.92 Å². The molecule has 80 valence electrons. The van der Waals surface area contributed by atoms with Crippen LogP contribution in [0.2, 0.25) is 0 Å². The first kappa shape index (κ1) is 10.2. The SMILES string of the molecule is CCc1ccc(NC(=O)C2CC2N)cc1. The molecule has 0 aliphatic heterocycles. The molecule has 15 heavy (non-hydrogen) atoms. The van der Waals surface area contributed by atoms with E-state index in [0.717, 1.165) is 18.5 Å². The lowest BCUT2D eigenvalue weighted by molar-refractivity contribution is -0.117. The number of hydrogen-bond acceptors (Lipinski definition) is 2. The quantitative estimate of drug-likeness (QED) is 0.784. The maximum atomic E-state index is 11.5. The zero-order valence-corrected chi connectivity index (χ0v) is 8.86. The van der Waals surface area contributed by atoms with Gasteiger partial charge in [0, 0.05) is 11.7 Å². The second-order valence-electron chi connectivity index (χ2n) is 4.05. The van der Waals surface area contributed by atoms with E-state index < -0.39 is 0 Å². The number of nitrogens with one attached hydrogen (secondary N) is 1. The summed E-state index contributed by atoms with van der Waals surface area (Å²) in [5, 5.41) is 2.87. The lowest BCUT2D eigenvalue weighted by atomic mass is 10.1. The van der Waals surface area contributed by atoms with Crippen LogP contribution in [0.5, 0.6) is 0 Å². The van der Waals surface area contributed by atoms with Crippen molar-refractivity contribution >= 4 is 11.6 Å². The van der Waals surface area contributed by atoms with Crippen molar-refractivity contribution in [3.05, 3.63) is 29.8 Å². The summed E-state index contributed by atoms with van der Waals surface area (Å²) >= 11 is 0. The highest BCUT2D eigenvalue weighted by molar-refractivity contribution is 5.94. The summed E-state index contributed by atoms with van der Waals surface area (Å²) < 4.78 is 0. The number of carbonyl (C=O) groups excluding carboxylic acids is 1. The molecule has 2 unspecified atom stereocenters. The van der Waals surface area contributed by atoms with Crippen LogP contribution in [-0.2, 0) is 11.2 Å². The van der Waals surface area contributed by atoms with Gasteiger partial charge in [-0.05, 0) is 30.5 Å². The predicted octanol–water partition coefficient (Wildman–Crippen LogP) is 1.53. The van der Waals surface area contributed by atoms with Crippen molar-refractivity contribution < 1.29 is 4.79 Å². The van der Waals surface area contributed by atoms with Gasteiger partial charge in [0.1, 0.15) is 0 Å². The average Bonchev–Trinajstić information content (AvgIpc) is 2.97. The van der Waals surface area contributed by atoms with Crippen LogP contribution in [0.1, 0.15) is 18.9 Å². The Morgan fingerprint density at radius 1 is 1.47 bits per heavy atom. The fourth-order valence-corrected chi connectivity index (χ4v) is 1.57. The summed E-state index contributed by atoms with van der Waals surface area (Å²) in [6, 6.07) is 8.00. The van der Waals surface area contributed by atoms with Gasteiger partial charge in [-0.25, -0.2) is 0 Å². The Kier molecular flexibility index (Phi) is 2.73. The molecule has 0 spiro atoms. The molecule has 1 fully saturated rings. The molecule has 3 nitrogen and oxygen atoms in total. The van der Waals surface area contributed by atoms with Crippen molar-refractivity contribution in [2.45, 2.75) is 25.8 Å². The number of nitrogens with two attached hydrogens (primary N) is 1. The second-order valence-corrected chi connectivity index (χ2v) is 4.05. The molecule has 0 radical (unpaired) electrons. The maximum Gasteiger partial charge on any atom is 0.229 e. The van der Waals surface area contributed by atoms with Gasteiger partial charge in [-0.1, -0.05) is 19.1 Å². The van der Waals surface area contributed by atoms with Crippen molar-refractivity contribution in [3.63, 3.8) is 0 Å². The van der Waals surface area contributed by atoms with Crippen LogP contribution in [-0.4, -0.2) is 11.9 Å². The first-order valence-corrected chi connectivity index (χ1v) is 5.36. The third-order valence-corrected chi connectivity index (χ3v) is 2.81. The molecule has 3 N–H and O–H groups in total. The number of benzene rings is 1. The van der Waals surface area contributed by atoms with Crippen LogP contribution in [0, 0.1) is 5.92 Å². The molecule has 0 heterocycles. The van der Waals surface area contributed by atoms with Crippen LogP contribution in [0.3, 0.4) is 0 Å². The van der Waals surface area contributed by atoms with E-state index >= 15 is 0 Å². The Hall–Kier alpha value is -1.35. The molecule has 1 aliphatic rings. The number of rotatable bonds is 3. The summed E-state index contributed by atoms with van der Waals surface area (Å²) in [5.74, 6) is 0.0719. The third-order valence-electron chi connectivity index (χ3n) is 2.81. The van der Waals surface area contributed by atoms with E-state index in [0.29, 0.717) is 0 Å². The van der Waals surface area contributed by atoms with Crippen molar-refractivity contribution in [1.82, 2.24) is 0 Å². The van der Waals surface area contributed by atoms with Crippen molar-refractivity contribution in [1.29, 1.82) is 0 Å². The molecule has 1 aromatic rings. The average molecular weight is 204 g/mol. The van der Waals surface area contributed by atoms with E-state index in [1.165, 1.54) is 5.56 Å². The molecule has 2 rings (SSSR count). The van der Waals surface area contributed by atoms with Crippen LogP contribution in [0.25, 0.3) is 0 Å². The van der Waals surface area contributed by atoms with Gasteiger partial charge in [-0.2, -0.15) is 0 Å². The Morgan fingerprint density at radius 2 is 2.07 bits per heavy atom. The molecule has 0 aromatic heterocycles. The van der Waals surface area contributed by atoms with Crippen molar-refractivity contribution in [3.8, 4) is 0 Å². The van der Waals surface area contributed by atoms with E-state index in [2.05, 4.69) is 12.2 Å². The van der Waals surface area contributed by atoms with Crippen LogP contribution in [0.15, 0.2) is 24.3 Å². The minimum Gasteiger partial charge on any atom is -0.327 e. The van der Waals surface area contributed by atoms with Gasteiger partial charge in [-0.3, -0.25) is 4.79 Å². The van der Waals surface area contributed by atoms with E-state index in [-0.39, 0.29) is 17.9 Å². The highest BCUT2D eigenvalue weighted by Crippen LogP contribution is 2.29. The summed E-state index contributed by atoms with van der Waals surface area (Å²) in [7, 11) is 0. The third kappa shape index (κ3) is 2.36. The van der Waals surface area contributed by atoms with E-state index in [9.17, 15) is 4.79 Å². The standard InChI is InChI=1S/C12H16N2O/c1-2-8-3-5-9(6-4-8)14-12(15)10-7-11(10)13/h3-6,10-11H,2,7,13H2,1H3,(H,14,15). The van der Waals surface area contributed by atoms with Crippen LogP contribution in [0.4, 0.5) is 5.69 Å². The summed E-state index contributed by atoms with van der Waals surface area (Å²) in [6.45, 7) is 2.11. The van der Waals surface area contributed by atoms with Gasteiger partial charge in [0.25, 0.3) is 0 Å². The van der Waals surface area contributed by atoms with E-state index in [1.54, 1.807) is 0 Å². The molecule has 0 saturated heterocycles. The highest BCUT2D eigenvalue weighted by Gasteiger charge is 2.39. The lowest BCUT2D eigenvalue weighted by Gasteiger charge is -2.04. The number of anilines is 1. The van der Waals surface area contributed by atoms with Gasteiger partial charge < -0.3 is 11.1 Å². The zero-order valence-electron chi connectivity index (χ0n) is 8.86. The number of aryl methyl sites for hydroxylation is 1. The smallest absolute Gasteiger partial charge is 0.229 e. The Morgan fingerprint density at radius 3 is 2.53 bits per heavy atom. The molecule has 2 atom stereocenters. The maximum absolute atomic E-state index is 11.5. The highest BCUT2D eigenvalue weighted by atomic mass is 16.2. The molecular weight excluding hydrogens is 188 g/mol. The van der Waals surface area contributed by atoms with E-state index in [4.69, 9.17) is 5.73 Å². The first-order chi connectivity index (χ1) is 7.20. The molecule has 1 aromatic carbocycles. The normalized spacial score (nSPS) is 23.6. The predicted molar refractivity (Wildman–Crippen MR) is 60.5 cm³/mol. The molecule has 3 heteroatoms. The zero-order chi connectivity index (χ0) is 10.8. The first-order valence-electron chi connectivity index (χ1n) is 5.36. The van der Waals surface area contributed by atoms with Crippen LogP contribution >= 0.6 is 0 Å². The Balaban J connectivity index is 1.95. The second kappa shape index (κ2) is 4.03.